The molecule has 0 saturated heterocycles. The van der Waals surface area contributed by atoms with Gasteiger partial charge in [-0.3, -0.25) is 0 Å². The van der Waals surface area contributed by atoms with Crippen LogP contribution in [0.2, 0.25) is 0 Å². The summed E-state index contributed by atoms with van der Waals surface area (Å²) in [5.41, 5.74) is 0.205. The Labute approximate surface area is 109 Å². The molecule has 0 aliphatic rings. The number of hydrogen-bond donors (Lipinski definition) is 4. The Bertz CT molecular complexity index is 428. The number of anilines is 1. The van der Waals surface area contributed by atoms with Gasteiger partial charge in [0.1, 0.15) is 5.69 Å². The number of carboxylic acid groups (broad SMARTS) is 1. The maximum absolute atomic E-state index is 11.8. The number of hydrogen-bond acceptors (Lipinski definition) is 5. The van der Waals surface area contributed by atoms with Gasteiger partial charge in [-0.2, -0.15) is 0 Å². The summed E-state index contributed by atoms with van der Waals surface area (Å²) in [7, 11) is 0. The van der Waals surface area contributed by atoms with E-state index in [9.17, 15) is 9.59 Å². The lowest BCUT2D eigenvalue weighted by Crippen LogP contribution is -2.38. The highest BCUT2D eigenvalue weighted by atomic mass is 16.4. The Hall–Kier alpha value is -2.19. The molecule has 19 heavy (non-hydrogen) atoms. The molecule has 0 aromatic carbocycles. The van der Waals surface area contributed by atoms with Gasteiger partial charge in [0.25, 0.3) is 0 Å². The molecule has 0 saturated carbocycles. The molecule has 0 radical (unpaired) electrons. The van der Waals surface area contributed by atoms with Crippen LogP contribution in [0.1, 0.15) is 10.5 Å². The van der Waals surface area contributed by atoms with Crippen LogP contribution in [0.4, 0.5) is 10.5 Å². The number of carbonyl (C=O) groups excluding carboxylic acids is 1. The fraction of sp³-hybridized carbons (Fsp3) is 0.364. The van der Waals surface area contributed by atoms with E-state index >= 15 is 0 Å². The first kappa shape index (κ1) is 14.9. The number of aromatic carboxylic acids is 1. The van der Waals surface area contributed by atoms with Crippen molar-refractivity contribution in [2.45, 2.75) is 0 Å². The average molecular weight is 269 g/mol. The van der Waals surface area contributed by atoms with Gasteiger partial charge >= 0.3 is 12.0 Å². The first-order chi connectivity index (χ1) is 9.08. The summed E-state index contributed by atoms with van der Waals surface area (Å²) in [5.74, 6) is -1.15. The van der Waals surface area contributed by atoms with E-state index in [1.807, 2.05) is 0 Å². The average Bonchev–Trinajstić information content (AvgIpc) is 2.39. The maximum atomic E-state index is 11.8. The third-order valence-electron chi connectivity index (χ3n) is 2.26. The van der Waals surface area contributed by atoms with Gasteiger partial charge < -0.3 is 25.5 Å². The predicted octanol–water partition coefficient (Wildman–Crippen LogP) is -0.402. The number of aliphatic hydroxyl groups is 2. The summed E-state index contributed by atoms with van der Waals surface area (Å²) in [4.78, 5) is 27.2. The van der Waals surface area contributed by atoms with Crippen LogP contribution < -0.4 is 5.32 Å². The summed E-state index contributed by atoms with van der Waals surface area (Å²) in [6.07, 6.45) is 1.22. The first-order valence-corrected chi connectivity index (χ1v) is 5.55. The lowest BCUT2D eigenvalue weighted by Gasteiger charge is -2.20. The monoisotopic (exact) mass is 269 g/mol. The van der Waals surface area contributed by atoms with Gasteiger partial charge in [-0.1, -0.05) is 0 Å². The minimum atomic E-state index is -1.15. The molecule has 1 rings (SSSR count). The quantitative estimate of drug-likeness (QED) is 0.557. The van der Waals surface area contributed by atoms with Crippen LogP contribution in [0.25, 0.3) is 0 Å². The van der Waals surface area contributed by atoms with Gasteiger partial charge in [-0.05, 0) is 12.1 Å². The Morgan fingerprint density at radius 1 is 1.21 bits per heavy atom. The number of aliphatic hydroxyl groups excluding tert-OH is 2. The van der Waals surface area contributed by atoms with E-state index in [2.05, 4.69) is 10.3 Å². The minimum Gasteiger partial charge on any atom is -0.477 e. The molecule has 0 bridgehead atoms. The molecule has 1 aromatic heterocycles. The zero-order valence-corrected chi connectivity index (χ0v) is 10.1. The molecule has 8 nitrogen and oxygen atoms in total. The molecule has 8 heteroatoms. The van der Waals surface area contributed by atoms with Crippen molar-refractivity contribution in [1.82, 2.24) is 9.88 Å². The van der Waals surface area contributed by atoms with E-state index in [0.717, 1.165) is 0 Å². The maximum Gasteiger partial charge on any atom is 0.354 e. The topological polar surface area (TPSA) is 123 Å². The zero-order valence-electron chi connectivity index (χ0n) is 10.1. The lowest BCUT2D eigenvalue weighted by atomic mass is 10.3. The number of urea groups is 1. The molecule has 1 aromatic rings. The molecule has 4 N–H and O–H groups in total. The highest BCUT2D eigenvalue weighted by Gasteiger charge is 2.13. The number of carbonyl (C=O) groups is 2. The number of carboxylic acids is 1. The highest BCUT2D eigenvalue weighted by Crippen LogP contribution is 2.07. The van der Waals surface area contributed by atoms with Crippen LogP contribution in [0.15, 0.2) is 18.3 Å². The summed E-state index contributed by atoms with van der Waals surface area (Å²) < 4.78 is 0. The standard InChI is InChI=1S/C11H15N3O5/c15-5-3-14(4-6-16)11(19)13-8-1-2-9(10(17)18)12-7-8/h1-2,7,15-16H,3-6H2,(H,13,19)(H,17,18). The third kappa shape index (κ3) is 4.53. The lowest BCUT2D eigenvalue weighted by molar-refractivity contribution is 0.0690. The summed E-state index contributed by atoms with van der Waals surface area (Å²) in [5, 5.41) is 28.7. The van der Waals surface area contributed by atoms with Crippen molar-refractivity contribution in [3.05, 3.63) is 24.0 Å². The number of aromatic nitrogens is 1. The van der Waals surface area contributed by atoms with E-state index < -0.39 is 12.0 Å². The Morgan fingerprint density at radius 2 is 1.84 bits per heavy atom. The van der Waals surface area contributed by atoms with Gasteiger partial charge in [0.2, 0.25) is 0 Å². The van der Waals surface area contributed by atoms with Crippen molar-refractivity contribution in [2.75, 3.05) is 31.6 Å². The van der Waals surface area contributed by atoms with Crippen molar-refractivity contribution in [3.63, 3.8) is 0 Å². The summed E-state index contributed by atoms with van der Waals surface area (Å²) in [6, 6.07) is 2.16. The fourth-order valence-electron chi connectivity index (χ4n) is 1.35. The third-order valence-corrected chi connectivity index (χ3v) is 2.26. The van der Waals surface area contributed by atoms with Gasteiger partial charge in [0.15, 0.2) is 0 Å². The second-order valence-corrected chi connectivity index (χ2v) is 3.60. The Kier molecular flexibility index (Phi) is 5.71. The molecule has 104 valence electrons. The molecule has 0 spiro atoms. The summed E-state index contributed by atoms with van der Waals surface area (Å²) >= 11 is 0. The minimum absolute atomic E-state index is 0.0903. The molecule has 0 unspecified atom stereocenters. The fourth-order valence-corrected chi connectivity index (χ4v) is 1.35. The molecule has 0 aliphatic heterocycles. The highest BCUT2D eigenvalue weighted by molar-refractivity contribution is 5.90. The van der Waals surface area contributed by atoms with Crippen molar-refractivity contribution in [1.29, 1.82) is 0 Å². The first-order valence-electron chi connectivity index (χ1n) is 5.55. The number of rotatable bonds is 6. The SMILES string of the molecule is O=C(O)c1ccc(NC(=O)N(CCO)CCO)cn1. The van der Waals surface area contributed by atoms with Crippen LogP contribution in [-0.4, -0.2) is 63.5 Å². The second kappa shape index (κ2) is 7.29. The molecular formula is C11H15N3O5. The van der Waals surface area contributed by atoms with E-state index in [1.54, 1.807) is 0 Å². The Balaban J connectivity index is 2.66. The second-order valence-electron chi connectivity index (χ2n) is 3.60. The normalized spacial score (nSPS) is 10.0. The van der Waals surface area contributed by atoms with Crippen LogP contribution in [0, 0.1) is 0 Å². The van der Waals surface area contributed by atoms with Gasteiger partial charge in [-0.15, -0.1) is 0 Å². The van der Waals surface area contributed by atoms with Crippen molar-refractivity contribution in [2.24, 2.45) is 0 Å². The molecule has 1 heterocycles. The van der Waals surface area contributed by atoms with Crippen molar-refractivity contribution >= 4 is 17.7 Å². The van der Waals surface area contributed by atoms with Gasteiger partial charge in [0.05, 0.1) is 25.1 Å². The number of nitrogens with zero attached hydrogens (tertiary/aromatic N) is 2. The van der Waals surface area contributed by atoms with Gasteiger partial charge in [-0.25, -0.2) is 14.6 Å². The van der Waals surface area contributed by atoms with Crippen LogP contribution in [0.5, 0.6) is 0 Å². The molecular weight excluding hydrogens is 254 g/mol. The van der Waals surface area contributed by atoms with Gasteiger partial charge in [0, 0.05) is 13.1 Å². The molecule has 0 aliphatic carbocycles. The van der Waals surface area contributed by atoms with E-state index in [1.165, 1.54) is 23.2 Å². The van der Waals surface area contributed by atoms with Crippen molar-refractivity contribution < 1.29 is 24.9 Å². The molecule has 0 atom stereocenters. The molecule has 2 amide bonds. The Morgan fingerprint density at radius 3 is 2.26 bits per heavy atom. The molecule has 0 fully saturated rings. The number of pyridine rings is 1. The smallest absolute Gasteiger partial charge is 0.354 e. The van der Waals surface area contributed by atoms with E-state index in [4.69, 9.17) is 15.3 Å². The van der Waals surface area contributed by atoms with E-state index in [0.29, 0.717) is 5.69 Å². The van der Waals surface area contributed by atoms with Crippen molar-refractivity contribution in [3.8, 4) is 0 Å². The summed E-state index contributed by atoms with van der Waals surface area (Å²) in [6.45, 7) is -0.257. The van der Waals surface area contributed by atoms with Crippen LogP contribution in [0.3, 0.4) is 0 Å². The van der Waals surface area contributed by atoms with E-state index in [-0.39, 0.29) is 32.0 Å². The zero-order chi connectivity index (χ0) is 14.3. The largest absolute Gasteiger partial charge is 0.477 e. The number of nitrogens with one attached hydrogen (secondary N) is 1. The van der Waals surface area contributed by atoms with Crippen LogP contribution in [-0.2, 0) is 0 Å². The number of amides is 2. The predicted molar refractivity (Wildman–Crippen MR) is 66.0 cm³/mol. The van der Waals surface area contributed by atoms with Crippen LogP contribution >= 0.6 is 0 Å².